The molecule has 9 rings (SSSR count). The molecule has 9 aliphatic rings. The third kappa shape index (κ3) is 10.4. The van der Waals surface area contributed by atoms with Gasteiger partial charge in [0.05, 0.1) is 49.8 Å². The molecule has 0 bridgehead atoms. The molecule has 24 nitrogen and oxygen atoms in total. The van der Waals surface area contributed by atoms with Crippen molar-refractivity contribution < 1.29 is 113 Å². The van der Waals surface area contributed by atoms with Crippen molar-refractivity contribution in [3.05, 3.63) is 11.6 Å². The van der Waals surface area contributed by atoms with Crippen LogP contribution in [-0.2, 0) is 52.2 Å². The number of hydrogen-bond donors (Lipinski definition) is 13. The quantitative estimate of drug-likeness (QED) is 0.0727. The van der Waals surface area contributed by atoms with E-state index in [1.165, 1.54) is 6.92 Å². The maximum absolute atomic E-state index is 15.7. The summed E-state index contributed by atoms with van der Waals surface area (Å²) in [6, 6.07) is -1.59. The van der Waals surface area contributed by atoms with Gasteiger partial charge in [-0.15, -0.1) is 0 Å². The molecule has 4 heterocycles. The molecule has 0 spiro atoms. The van der Waals surface area contributed by atoms with Gasteiger partial charge >= 0.3 is 5.97 Å². The first-order chi connectivity index (χ1) is 36.6. The fourth-order valence-corrected chi connectivity index (χ4v) is 16.2. The Morgan fingerprint density at radius 3 is 1.99 bits per heavy atom. The van der Waals surface area contributed by atoms with Crippen molar-refractivity contribution in [3.63, 3.8) is 0 Å². The first-order valence-corrected chi connectivity index (χ1v) is 27.9. The standard InChI is InChI=1S/C54H87NO23.CH4/c1-23-42(76-45-39(66)35(62)26(58)21-71-45)38(65)41(68)46(73-23)77-43-37(64)34(55-33(61)22-72-44-40(67)36(63)28(20-57)75-44)27(19-56)74-47(43)78-48(69)54-16-15-49(2,3)17-25(54)24-9-10-29-50(4)13-12-31(59)53(7,70-8)30(50)11-14-51(29,5)52(24,6)18-32(54)60;/h9,23,25-32,34-47,56-60,62-68H,10-22H2,1-8H3,(H,55,61);1H4/t23?,25?,26-,27-,28+,29?,30-,31+,32?,34+,35?,36?,37?,38?,39?,40?,41?,42+,43?,44-,45+,46+,47+,50?,51+,52-,53-,54-;/m1./s1. The van der Waals surface area contributed by atoms with Gasteiger partial charge < -0.3 is 109 Å². The number of carbonyl (C=O) groups excluding carboxylic acids is 2. The van der Waals surface area contributed by atoms with Crippen LogP contribution in [0.3, 0.4) is 0 Å². The van der Waals surface area contributed by atoms with Crippen molar-refractivity contribution in [3.8, 4) is 0 Å². The van der Waals surface area contributed by atoms with Gasteiger partial charge in [-0.05, 0) is 111 Å². The molecule has 0 radical (unpaired) electrons. The molecule has 0 aromatic carbocycles. The second-order valence-corrected chi connectivity index (χ2v) is 25.8. The number of fused-ring (bicyclic) bond motifs is 7. The molecule has 4 aliphatic heterocycles. The van der Waals surface area contributed by atoms with E-state index in [1.807, 2.05) is 6.92 Å². The van der Waals surface area contributed by atoms with Gasteiger partial charge in [-0.25, -0.2) is 0 Å². The molecule has 4 saturated heterocycles. The number of nitrogens with one attached hydrogen (secondary N) is 1. The van der Waals surface area contributed by atoms with Crippen molar-refractivity contribution in [1.82, 2.24) is 5.32 Å². The Hall–Kier alpha value is -2.12. The van der Waals surface area contributed by atoms with Crippen molar-refractivity contribution >= 4 is 11.9 Å². The van der Waals surface area contributed by atoms with Crippen LogP contribution >= 0.6 is 0 Å². The molecule has 4 saturated carbocycles. The number of carbonyl (C=O) groups is 2. The van der Waals surface area contributed by atoms with E-state index >= 15 is 4.79 Å². The number of hydrogen-bond acceptors (Lipinski definition) is 23. The van der Waals surface area contributed by atoms with E-state index in [1.54, 1.807) is 7.11 Å². The number of amides is 1. The smallest absolute Gasteiger partial charge is 0.317 e. The van der Waals surface area contributed by atoms with E-state index in [0.29, 0.717) is 25.7 Å². The Labute approximate surface area is 461 Å². The largest absolute Gasteiger partial charge is 0.432 e. The third-order valence-corrected chi connectivity index (χ3v) is 21.2. The summed E-state index contributed by atoms with van der Waals surface area (Å²) in [5.74, 6) is -2.15. The molecule has 8 fully saturated rings. The second kappa shape index (κ2) is 23.0. The molecule has 454 valence electrons. The zero-order valence-corrected chi connectivity index (χ0v) is 45.9. The van der Waals surface area contributed by atoms with Crippen LogP contribution in [-0.4, -0.2) is 235 Å². The van der Waals surface area contributed by atoms with E-state index < -0.39 is 183 Å². The SMILES string of the molecule is C.CO[C@]1(C)[C@@H]2CC[C@@]3(C)C(CC=C4C5CC(C)(C)CC[C@]5(C(=O)O[C@@H]5O[C@H](CO)[C@H](NC(=O)CO[C@@H]6O[C@@H](CO)C(O)C6O)C(O)C5O[C@@H]5OC(C)[C@H](O[C@@H]6OC[C@@H](O)C(O)C6O)C(O)C5O)C(O)C[C@]43C)C2(C)CC[C@@H]1O. The minimum atomic E-state index is -2.01. The molecule has 0 aromatic heterocycles. The molecule has 24 heteroatoms. The number of aliphatic hydroxyl groups is 12. The molecule has 28 atom stereocenters. The second-order valence-electron chi connectivity index (χ2n) is 25.8. The zero-order valence-electron chi connectivity index (χ0n) is 45.9. The maximum atomic E-state index is 15.7. The molecule has 13 unspecified atom stereocenters. The number of rotatable bonds is 13. The molecule has 13 N–H and O–H groups in total. The van der Waals surface area contributed by atoms with Crippen molar-refractivity contribution in [2.45, 2.75) is 242 Å². The summed E-state index contributed by atoms with van der Waals surface area (Å²) in [4.78, 5) is 29.2. The first-order valence-electron chi connectivity index (χ1n) is 27.9. The fraction of sp³-hybridized carbons (Fsp3) is 0.927. The predicted octanol–water partition coefficient (Wildman–Crippen LogP) is -1.63. The minimum Gasteiger partial charge on any atom is -0.432 e. The highest BCUT2D eigenvalue weighted by Gasteiger charge is 2.72. The summed E-state index contributed by atoms with van der Waals surface area (Å²) in [7, 11) is 1.67. The lowest BCUT2D eigenvalue weighted by Crippen LogP contribution is -2.70. The summed E-state index contributed by atoms with van der Waals surface area (Å²) < 4.78 is 53.0. The summed E-state index contributed by atoms with van der Waals surface area (Å²) in [6.45, 7) is 11.8. The van der Waals surface area contributed by atoms with Crippen molar-refractivity contribution in [2.24, 2.45) is 44.8 Å². The Bertz CT molecular complexity index is 2190. The Morgan fingerprint density at radius 1 is 0.684 bits per heavy atom. The zero-order chi connectivity index (χ0) is 57.0. The molecule has 1 amide bonds. The highest BCUT2D eigenvalue weighted by Crippen LogP contribution is 2.75. The van der Waals surface area contributed by atoms with Gasteiger partial charge in [0.15, 0.2) is 25.0 Å². The first kappa shape index (κ1) is 62.9. The van der Waals surface area contributed by atoms with Gasteiger partial charge in [0.25, 0.3) is 0 Å². The maximum Gasteiger partial charge on any atom is 0.317 e. The normalized spacial score (nSPS) is 52.3. The van der Waals surface area contributed by atoms with Gasteiger partial charge in [0.1, 0.15) is 79.2 Å². The molecule has 79 heavy (non-hydrogen) atoms. The summed E-state index contributed by atoms with van der Waals surface area (Å²) in [6.07, 6.45) is -22.5. The van der Waals surface area contributed by atoms with Crippen LogP contribution in [0.1, 0.15) is 114 Å². The summed E-state index contributed by atoms with van der Waals surface area (Å²) >= 11 is 0. The summed E-state index contributed by atoms with van der Waals surface area (Å²) in [5, 5.41) is 134. The number of allylic oxidation sites excluding steroid dienone is 2. The van der Waals surface area contributed by atoms with Gasteiger partial charge in [-0.3, -0.25) is 9.59 Å². The molecule has 0 aromatic rings. The van der Waals surface area contributed by atoms with Crippen LogP contribution in [0.5, 0.6) is 0 Å². The van der Waals surface area contributed by atoms with Gasteiger partial charge in [0, 0.05) is 7.11 Å². The predicted molar refractivity (Wildman–Crippen MR) is 272 cm³/mol. The Morgan fingerprint density at radius 2 is 1.33 bits per heavy atom. The van der Waals surface area contributed by atoms with E-state index in [0.717, 1.165) is 24.8 Å². The van der Waals surface area contributed by atoms with Crippen LogP contribution in [0.2, 0.25) is 0 Å². The lowest BCUT2D eigenvalue weighted by Gasteiger charge is -2.71. The third-order valence-electron chi connectivity index (χ3n) is 21.2. The van der Waals surface area contributed by atoms with Crippen molar-refractivity contribution in [2.75, 3.05) is 33.5 Å². The van der Waals surface area contributed by atoms with Gasteiger partial charge in [0.2, 0.25) is 12.2 Å². The highest BCUT2D eigenvalue weighted by atomic mass is 16.8. The average Bonchev–Trinajstić information content (AvgIpc) is 3.87. The van der Waals surface area contributed by atoms with Crippen LogP contribution in [0, 0.1) is 44.8 Å². The lowest BCUT2D eigenvalue weighted by atomic mass is 9.34. The minimum absolute atomic E-state index is 0. The number of ether oxygens (including phenoxy) is 9. The molecular formula is C55H91NO23. The van der Waals surface area contributed by atoms with Crippen LogP contribution in [0.4, 0.5) is 0 Å². The number of methoxy groups -OCH3 is 1. The fourth-order valence-electron chi connectivity index (χ4n) is 16.2. The molecular weight excluding hydrogens is 1040 g/mol. The van der Waals surface area contributed by atoms with E-state index in [-0.39, 0.29) is 48.3 Å². The van der Waals surface area contributed by atoms with Crippen LogP contribution < -0.4 is 5.32 Å². The average molecular weight is 1130 g/mol. The lowest BCUT2D eigenvalue weighted by molar-refractivity contribution is -0.370. The highest BCUT2D eigenvalue weighted by molar-refractivity contribution is 5.80. The monoisotopic (exact) mass is 1130 g/mol. The van der Waals surface area contributed by atoms with E-state index in [9.17, 15) is 66.1 Å². The topological polar surface area (TPSA) is 372 Å². The number of esters is 1. The van der Waals surface area contributed by atoms with Crippen LogP contribution in [0.25, 0.3) is 0 Å². The number of aliphatic hydroxyl groups excluding tert-OH is 12. The van der Waals surface area contributed by atoms with Crippen LogP contribution in [0.15, 0.2) is 11.6 Å². The van der Waals surface area contributed by atoms with Crippen molar-refractivity contribution in [1.29, 1.82) is 0 Å². The van der Waals surface area contributed by atoms with Gasteiger partial charge in [-0.1, -0.05) is 53.7 Å². The van der Waals surface area contributed by atoms with E-state index in [4.69, 9.17) is 42.6 Å². The Kier molecular flexibility index (Phi) is 18.4. The Balaban J connectivity index is 0.00000822. The van der Waals surface area contributed by atoms with E-state index in [2.05, 4.69) is 46.0 Å². The van der Waals surface area contributed by atoms with Gasteiger partial charge in [-0.2, -0.15) is 0 Å². The molecule has 5 aliphatic carbocycles. The summed E-state index contributed by atoms with van der Waals surface area (Å²) in [5.41, 5.74) is -2.69.